The van der Waals surface area contributed by atoms with Crippen molar-refractivity contribution in [3.05, 3.63) is 47.5 Å². The zero-order valence-electron chi connectivity index (χ0n) is 12.3. The van der Waals surface area contributed by atoms with Gasteiger partial charge in [-0.25, -0.2) is 9.07 Å². The zero-order chi connectivity index (χ0) is 15.7. The van der Waals surface area contributed by atoms with Crippen molar-refractivity contribution in [1.29, 1.82) is 0 Å². The van der Waals surface area contributed by atoms with E-state index in [4.69, 9.17) is 0 Å². The van der Waals surface area contributed by atoms with Gasteiger partial charge in [-0.2, -0.15) is 5.10 Å². The number of amides is 1. The first-order valence-corrected chi connectivity index (χ1v) is 7.30. The fourth-order valence-electron chi connectivity index (χ4n) is 2.55. The number of aromatic nitrogens is 2. The Balaban J connectivity index is 1.75. The molecule has 5 nitrogen and oxygen atoms in total. The molecule has 0 aliphatic heterocycles. The number of carbonyl (C=O) groups is 1. The predicted octanol–water partition coefficient (Wildman–Crippen LogP) is 1.96. The monoisotopic (exact) mass is 303 g/mol. The van der Waals surface area contributed by atoms with Crippen LogP contribution in [0.2, 0.25) is 0 Å². The second kappa shape index (κ2) is 5.53. The smallest absolute Gasteiger partial charge is 0.271 e. The van der Waals surface area contributed by atoms with Crippen LogP contribution in [0, 0.1) is 12.7 Å². The topological polar surface area (TPSA) is 67.2 Å². The van der Waals surface area contributed by atoms with Gasteiger partial charge in [-0.3, -0.25) is 4.79 Å². The molecule has 1 aromatic heterocycles. The van der Waals surface area contributed by atoms with Crippen LogP contribution < -0.4 is 5.32 Å². The fourth-order valence-corrected chi connectivity index (χ4v) is 2.55. The fraction of sp³-hybridized carbons (Fsp3) is 0.375. The molecule has 0 atom stereocenters. The number of rotatable bonds is 4. The van der Waals surface area contributed by atoms with E-state index in [2.05, 4.69) is 10.4 Å². The quantitative estimate of drug-likeness (QED) is 0.907. The van der Waals surface area contributed by atoms with Gasteiger partial charge in [0.2, 0.25) is 0 Å². The summed E-state index contributed by atoms with van der Waals surface area (Å²) in [5, 5.41) is 16.9. The van der Waals surface area contributed by atoms with E-state index in [1.165, 1.54) is 16.8 Å². The maximum absolute atomic E-state index is 13.3. The Morgan fingerprint density at radius 2 is 2.23 bits per heavy atom. The number of nitrogens with one attached hydrogen (secondary N) is 1. The summed E-state index contributed by atoms with van der Waals surface area (Å²) in [6.45, 7) is 2.03. The Kier molecular flexibility index (Phi) is 3.70. The molecule has 1 saturated carbocycles. The second-order valence-electron chi connectivity index (χ2n) is 5.82. The van der Waals surface area contributed by atoms with Crippen molar-refractivity contribution in [2.24, 2.45) is 0 Å². The van der Waals surface area contributed by atoms with Crippen molar-refractivity contribution in [2.45, 2.75) is 31.8 Å². The molecule has 0 unspecified atom stereocenters. The van der Waals surface area contributed by atoms with Crippen molar-refractivity contribution >= 4 is 5.91 Å². The number of carbonyl (C=O) groups excluding carboxylic acids is 1. The summed E-state index contributed by atoms with van der Waals surface area (Å²) in [4.78, 5) is 12.1. The molecule has 22 heavy (non-hydrogen) atoms. The minimum Gasteiger partial charge on any atom is -0.388 e. The lowest BCUT2D eigenvalue weighted by atomic mass is 9.80. The van der Waals surface area contributed by atoms with Gasteiger partial charge >= 0.3 is 0 Å². The van der Waals surface area contributed by atoms with Gasteiger partial charge in [-0.1, -0.05) is 6.07 Å². The van der Waals surface area contributed by atoms with Crippen LogP contribution in [-0.2, 0) is 0 Å². The largest absolute Gasteiger partial charge is 0.388 e. The molecule has 2 aromatic rings. The standard InChI is InChI=1S/C16H18FN3O2/c1-11-8-14(15(21)18-10-16(22)6-3-7-16)19-20(11)13-5-2-4-12(17)9-13/h2,4-5,8-9,22H,3,6-7,10H2,1H3,(H,18,21). The third-order valence-electron chi connectivity index (χ3n) is 4.04. The van der Waals surface area contributed by atoms with E-state index in [9.17, 15) is 14.3 Å². The van der Waals surface area contributed by atoms with Crippen LogP contribution in [0.15, 0.2) is 30.3 Å². The molecule has 0 bridgehead atoms. The highest BCUT2D eigenvalue weighted by Crippen LogP contribution is 2.30. The van der Waals surface area contributed by atoms with Gasteiger partial charge in [0, 0.05) is 12.2 Å². The molecular formula is C16H18FN3O2. The summed E-state index contributed by atoms with van der Waals surface area (Å²) >= 11 is 0. The lowest BCUT2D eigenvalue weighted by Crippen LogP contribution is -2.47. The van der Waals surface area contributed by atoms with Crippen molar-refractivity contribution in [3.63, 3.8) is 0 Å². The first-order chi connectivity index (χ1) is 10.5. The van der Waals surface area contributed by atoms with Crippen LogP contribution in [0.5, 0.6) is 0 Å². The van der Waals surface area contributed by atoms with E-state index in [1.54, 1.807) is 25.1 Å². The van der Waals surface area contributed by atoms with Gasteiger partial charge in [0.25, 0.3) is 5.91 Å². The molecule has 1 aliphatic rings. The number of aliphatic hydroxyl groups is 1. The maximum Gasteiger partial charge on any atom is 0.271 e. The summed E-state index contributed by atoms with van der Waals surface area (Å²) in [6.07, 6.45) is 2.41. The zero-order valence-corrected chi connectivity index (χ0v) is 12.3. The average Bonchev–Trinajstić information content (AvgIpc) is 2.85. The van der Waals surface area contributed by atoms with Crippen molar-refractivity contribution in [3.8, 4) is 5.69 Å². The molecule has 1 amide bonds. The minimum absolute atomic E-state index is 0.234. The van der Waals surface area contributed by atoms with Crippen LogP contribution in [-0.4, -0.2) is 32.9 Å². The number of hydrogen-bond donors (Lipinski definition) is 2. The Morgan fingerprint density at radius 1 is 1.45 bits per heavy atom. The molecule has 1 fully saturated rings. The lowest BCUT2D eigenvalue weighted by molar-refractivity contribution is -0.0300. The lowest BCUT2D eigenvalue weighted by Gasteiger charge is -2.36. The minimum atomic E-state index is -0.768. The van der Waals surface area contributed by atoms with Crippen LogP contribution in [0.3, 0.4) is 0 Å². The first kappa shape index (κ1) is 14.7. The Bertz CT molecular complexity index is 707. The van der Waals surface area contributed by atoms with E-state index in [0.29, 0.717) is 18.5 Å². The molecular weight excluding hydrogens is 285 g/mol. The molecule has 0 saturated heterocycles. The number of benzene rings is 1. The van der Waals surface area contributed by atoms with Gasteiger partial charge in [-0.15, -0.1) is 0 Å². The summed E-state index contributed by atoms with van der Waals surface area (Å²) < 4.78 is 14.8. The van der Waals surface area contributed by atoms with Crippen molar-refractivity contribution < 1.29 is 14.3 Å². The van der Waals surface area contributed by atoms with Gasteiger partial charge in [0.05, 0.1) is 11.3 Å². The molecule has 1 aliphatic carbocycles. The molecule has 116 valence electrons. The normalized spacial score (nSPS) is 16.1. The molecule has 2 N–H and O–H groups in total. The third kappa shape index (κ3) is 2.87. The maximum atomic E-state index is 13.3. The van der Waals surface area contributed by atoms with E-state index < -0.39 is 5.60 Å². The highest BCUT2D eigenvalue weighted by molar-refractivity contribution is 5.92. The Morgan fingerprint density at radius 3 is 2.86 bits per heavy atom. The van der Waals surface area contributed by atoms with Crippen LogP contribution >= 0.6 is 0 Å². The van der Waals surface area contributed by atoms with E-state index in [1.807, 2.05) is 0 Å². The molecule has 0 spiro atoms. The predicted molar refractivity (Wildman–Crippen MR) is 79.4 cm³/mol. The molecule has 1 aromatic carbocycles. The van der Waals surface area contributed by atoms with Crippen LogP contribution in [0.4, 0.5) is 4.39 Å². The molecule has 3 rings (SSSR count). The number of halogens is 1. The average molecular weight is 303 g/mol. The Hall–Kier alpha value is -2.21. The summed E-state index contributed by atoms with van der Waals surface area (Å²) in [5.74, 6) is -0.691. The van der Waals surface area contributed by atoms with Gasteiger partial charge < -0.3 is 10.4 Å². The van der Waals surface area contributed by atoms with Crippen molar-refractivity contribution in [1.82, 2.24) is 15.1 Å². The molecule has 1 heterocycles. The first-order valence-electron chi connectivity index (χ1n) is 7.30. The molecule has 0 radical (unpaired) electrons. The number of aryl methyl sites for hydroxylation is 1. The molecule has 6 heteroatoms. The summed E-state index contributed by atoms with van der Waals surface area (Å²) in [5.41, 5.74) is 0.785. The number of nitrogens with zero attached hydrogens (tertiary/aromatic N) is 2. The van der Waals surface area contributed by atoms with E-state index in [0.717, 1.165) is 12.1 Å². The van der Waals surface area contributed by atoms with Gasteiger partial charge in [-0.05, 0) is 50.5 Å². The van der Waals surface area contributed by atoms with Gasteiger partial charge in [0.1, 0.15) is 5.82 Å². The highest BCUT2D eigenvalue weighted by atomic mass is 19.1. The van der Waals surface area contributed by atoms with Crippen LogP contribution in [0.25, 0.3) is 5.69 Å². The summed E-state index contributed by atoms with van der Waals surface area (Å²) in [7, 11) is 0. The SMILES string of the molecule is Cc1cc(C(=O)NCC2(O)CCC2)nn1-c1cccc(F)c1. The van der Waals surface area contributed by atoms with Crippen LogP contribution in [0.1, 0.15) is 35.4 Å². The Labute approximate surface area is 127 Å². The third-order valence-corrected chi connectivity index (χ3v) is 4.04. The van der Waals surface area contributed by atoms with Gasteiger partial charge in [0.15, 0.2) is 5.69 Å². The summed E-state index contributed by atoms with van der Waals surface area (Å²) in [6, 6.07) is 7.68. The van der Waals surface area contributed by atoms with E-state index in [-0.39, 0.29) is 24.0 Å². The number of hydrogen-bond acceptors (Lipinski definition) is 3. The van der Waals surface area contributed by atoms with Crippen molar-refractivity contribution in [2.75, 3.05) is 6.54 Å². The second-order valence-corrected chi connectivity index (χ2v) is 5.82. The van der Waals surface area contributed by atoms with E-state index >= 15 is 0 Å². The highest BCUT2D eigenvalue weighted by Gasteiger charge is 2.34.